The second kappa shape index (κ2) is 6.97. The number of aliphatic hydroxyl groups is 2. The van der Waals surface area contributed by atoms with Crippen LogP contribution in [0.3, 0.4) is 0 Å². The van der Waals surface area contributed by atoms with E-state index in [1.54, 1.807) is 0 Å². The Morgan fingerprint density at radius 2 is 2.24 bits per heavy atom. The largest absolute Gasteiger partial charge is 0.394 e. The van der Waals surface area contributed by atoms with Crippen LogP contribution < -0.4 is 10.6 Å². The molecule has 7 heteroatoms. The Labute approximate surface area is 98.9 Å². The number of rotatable bonds is 7. The molecule has 1 unspecified atom stereocenters. The van der Waals surface area contributed by atoms with Gasteiger partial charge in [-0.05, 0) is 6.42 Å². The third kappa shape index (κ3) is 4.49. The average molecular weight is 244 g/mol. The smallest absolute Gasteiger partial charge is 0.224 e. The molecule has 0 bridgehead atoms. The first-order valence-electron chi connectivity index (χ1n) is 5.46. The molecule has 96 valence electrons. The monoisotopic (exact) mass is 244 g/mol. The lowest BCUT2D eigenvalue weighted by atomic mass is 10.4. The lowest BCUT2D eigenvalue weighted by Gasteiger charge is -2.11. The van der Waals surface area contributed by atoms with E-state index in [1.165, 1.54) is 0 Å². The quantitative estimate of drug-likeness (QED) is 0.548. The second-order valence-electron chi connectivity index (χ2n) is 3.53. The number of halogens is 1. The van der Waals surface area contributed by atoms with Crippen molar-refractivity contribution in [3.05, 3.63) is 12.0 Å². The topological polar surface area (TPSA) is 90.3 Å². The standard InChI is InChI=1S/C10H17FN4O2/c1-2-3-12-10-14-5-8(11)9(15-10)13-4-7(17)6-16/h5,7,16-17H,2-4,6H2,1H3,(H2,12,13,14,15). The van der Waals surface area contributed by atoms with Gasteiger partial charge in [-0.2, -0.15) is 4.98 Å². The van der Waals surface area contributed by atoms with E-state index in [-0.39, 0.29) is 19.0 Å². The molecule has 0 amide bonds. The van der Waals surface area contributed by atoms with Crippen LogP contribution in [0.5, 0.6) is 0 Å². The van der Waals surface area contributed by atoms with Crippen molar-refractivity contribution < 1.29 is 14.6 Å². The molecule has 0 fully saturated rings. The first kappa shape index (κ1) is 13.6. The van der Waals surface area contributed by atoms with Gasteiger partial charge in [-0.15, -0.1) is 0 Å². The molecule has 1 rings (SSSR count). The molecular formula is C10H17FN4O2. The van der Waals surface area contributed by atoms with Crippen molar-refractivity contribution in [3.63, 3.8) is 0 Å². The number of nitrogens with one attached hydrogen (secondary N) is 2. The van der Waals surface area contributed by atoms with Crippen molar-refractivity contribution in [2.24, 2.45) is 0 Å². The number of anilines is 2. The molecular weight excluding hydrogens is 227 g/mol. The zero-order chi connectivity index (χ0) is 12.7. The van der Waals surface area contributed by atoms with E-state index >= 15 is 0 Å². The van der Waals surface area contributed by atoms with Gasteiger partial charge in [0.05, 0.1) is 18.9 Å². The molecule has 0 radical (unpaired) electrons. The summed E-state index contributed by atoms with van der Waals surface area (Å²) in [5, 5.41) is 23.3. The minimum absolute atomic E-state index is 0.00565. The summed E-state index contributed by atoms with van der Waals surface area (Å²) in [4.78, 5) is 7.69. The van der Waals surface area contributed by atoms with Gasteiger partial charge in [0, 0.05) is 13.1 Å². The van der Waals surface area contributed by atoms with Gasteiger partial charge >= 0.3 is 0 Å². The van der Waals surface area contributed by atoms with Crippen molar-refractivity contribution in [2.45, 2.75) is 19.4 Å². The minimum atomic E-state index is -0.948. The predicted molar refractivity (Wildman–Crippen MR) is 62.4 cm³/mol. The normalized spacial score (nSPS) is 12.2. The van der Waals surface area contributed by atoms with Crippen LogP contribution in [0.1, 0.15) is 13.3 Å². The first-order chi connectivity index (χ1) is 8.17. The van der Waals surface area contributed by atoms with Crippen LogP contribution >= 0.6 is 0 Å². The van der Waals surface area contributed by atoms with Gasteiger partial charge in [-0.3, -0.25) is 0 Å². The first-order valence-corrected chi connectivity index (χ1v) is 5.46. The fraction of sp³-hybridized carbons (Fsp3) is 0.600. The number of aliphatic hydroxyl groups excluding tert-OH is 2. The summed E-state index contributed by atoms with van der Waals surface area (Å²) in [5.74, 6) is -0.266. The van der Waals surface area contributed by atoms with Gasteiger partial charge in [0.2, 0.25) is 5.95 Å². The Kier molecular flexibility index (Phi) is 5.58. The predicted octanol–water partition coefficient (Wildman–Crippen LogP) is 0.203. The van der Waals surface area contributed by atoms with Crippen molar-refractivity contribution >= 4 is 11.8 Å². The summed E-state index contributed by atoms with van der Waals surface area (Å²) in [6.07, 6.45) is 1.02. The fourth-order valence-corrected chi connectivity index (χ4v) is 1.09. The molecule has 0 aliphatic rings. The molecule has 0 spiro atoms. The zero-order valence-corrected chi connectivity index (χ0v) is 9.65. The van der Waals surface area contributed by atoms with Crippen molar-refractivity contribution in [1.29, 1.82) is 0 Å². The van der Waals surface area contributed by atoms with Gasteiger partial charge in [0.25, 0.3) is 0 Å². The summed E-state index contributed by atoms with van der Waals surface area (Å²) < 4.78 is 13.3. The molecule has 6 nitrogen and oxygen atoms in total. The maximum atomic E-state index is 13.3. The van der Waals surface area contributed by atoms with E-state index in [1.807, 2.05) is 6.92 Å². The van der Waals surface area contributed by atoms with E-state index in [0.717, 1.165) is 12.6 Å². The summed E-state index contributed by atoms with van der Waals surface area (Å²) in [6.45, 7) is 2.33. The summed E-state index contributed by atoms with van der Waals surface area (Å²) in [7, 11) is 0. The highest BCUT2D eigenvalue weighted by molar-refractivity contribution is 5.41. The Hall–Kier alpha value is -1.47. The van der Waals surface area contributed by atoms with Crippen LogP contribution in [0, 0.1) is 5.82 Å². The van der Waals surface area contributed by atoms with Gasteiger partial charge in [-0.1, -0.05) is 6.92 Å². The maximum Gasteiger partial charge on any atom is 0.224 e. The molecule has 1 atom stereocenters. The molecule has 1 heterocycles. The molecule has 1 aromatic heterocycles. The summed E-state index contributed by atoms with van der Waals surface area (Å²) >= 11 is 0. The number of aromatic nitrogens is 2. The lowest BCUT2D eigenvalue weighted by molar-refractivity contribution is 0.105. The van der Waals surface area contributed by atoms with Crippen LogP contribution in [-0.2, 0) is 0 Å². The minimum Gasteiger partial charge on any atom is -0.394 e. The van der Waals surface area contributed by atoms with Crippen LogP contribution in [0.2, 0.25) is 0 Å². The van der Waals surface area contributed by atoms with Gasteiger partial charge in [0.15, 0.2) is 11.6 Å². The SMILES string of the molecule is CCCNc1ncc(F)c(NCC(O)CO)n1. The second-order valence-corrected chi connectivity index (χ2v) is 3.53. The summed E-state index contributed by atoms with van der Waals surface area (Å²) in [6, 6.07) is 0. The number of hydrogen-bond acceptors (Lipinski definition) is 6. The highest BCUT2D eigenvalue weighted by atomic mass is 19.1. The Balaban J connectivity index is 2.62. The van der Waals surface area contributed by atoms with Crippen LogP contribution in [0.25, 0.3) is 0 Å². The average Bonchev–Trinajstić information content (AvgIpc) is 2.35. The van der Waals surface area contributed by atoms with Crippen molar-refractivity contribution in [2.75, 3.05) is 30.3 Å². The third-order valence-corrected chi connectivity index (χ3v) is 1.99. The van der Waals surface area contributed by atoms with Crippen molar-refractivity contribution in [3.8, 4) is 0 Å². The fourth-order valence-electron chi connectivity index (χ4n) is 1.09. The zero-order valence-electron chi connectivity index (χ0n) is 9.65. The number of hydrogen-bond donors (Lipinski definition) is 4. The molecule has 4 N–H and O–H groups in total. The Morgan fingerprint density at radius 1 is 1.47 bits per heavy atom. The summed E-state index contributed by atoms with van der Waals surface area (Å²) in [5.41, 5.74) is 0. The van der Waals surface area contributed by atoms with Gasteiger partial charge in [-0.25, -0.2) is 9.37 Å². The van der Waals surface area contributed by atoms with Crippen LogP contribution in [0.4, 0.5) is 16.2 Å². The van der Waals surface area contributed by atoms with Gasteiger partial charge in [0.1, 0.15) is 0 Å². The lowest BCUT2D eigenvalue weighted by Crippen LogP contribution is -2.24. The molecule has 0 saturated heterocycles. The molecule has 17 heavy (non-hydrogen) atoms. The van der Waals surface area contributed by atoms with E-state index in [9.17, 15) is 4.39 Å². The van der Waals surface area contributed by atoms with Crippen molar-refractivity contribution in [1.82, 2.24) is 9.97 Å². The van der Waals surface area contributed by atoms with E-state index in [4.69, 9.17) is 10.2 Å². The molecule has 0 aliphatic carbocycles. The highest BCUT2D eigenvalue weighted by Gasteiger charge is 2.08. The van der Waals surface area contributed by atoms with Crippen LogP contribution in [0.15, 0.2) is 6.20 Å². The maximum absolute atomic E-state index is 13.3. The van der Waals surface area contributed by atoms with E-state index < -0.39 is 11.9 Å². The molecule has 0 aromatic carbocycles. The molecule has 0 saturated carbocycles. The highest BCUT2D eigenvalue weighted by Crippen LogP contribution is 2.11. The van der Waals surface area contributed by atoms with E-state index in [0.29, 0.717) is 12.5 Å². The van der Waals surface area contributed by atoms with Crippen LogP contribution in [-0.4, -0.2) is 46.0 Å². The third-order valence-electron chi connectivity index (χ3n) is 1.99. The number of nitrogens with zero attached hydrogens (tertiary/aromatic N) is 2. The molecule has 1 aromatic rings. The Bertz CT molecular complexity index is 351. The Morgan fingerprint density at radius 3 is 2.88 bits per heavy atom. The van der Waals surface area contributed by atoms with Gasteiger partial charge < -0.3 is 20.8 Å². The molecule has 0 aliphatic heterocycles. The van der Waals surface area contributed by atoms with E-state index in [2.05, 4.69) is 20.6 Å².